The van der Waals surface area contributed by atoms with Crippen molar-refractivity contribution in [2.75, 3.05) is 10.5 Å². The van der Waals surface area contributed by atoms with Gasteiger partial charge in [-0.05, 0) is 40.5 Å². The first kappa shape index (κ1) is 14.9. The topological polar surface area (TPSA) is 90.0 Å². The van der Waals surface area contributed by atoms with Crippen molar-refractivity contribution in [3.05, 3.63) is 34.6 Å². The SMILES string of the molecule is CCc1nn(C)cc1NS(=O)(=O)c1ccc(Br)c(N)c1. The maximum absolute atomic E-state index is 12.3. The molecule has 3 N–H and O–H groups in total. The van der Waals surface area contributed by atoms with Crippen LogP contribution >= 0.6 is 15.9 Å². The van der Waals surface area contributed by atoms with Gasteiger partial charge in [0.15, 0.2) is 0 Å². The largest absolute Gasteiger partial charge is 0.398 e. The summed E-state index contributed by atoms with van der Waals surface area (Å²) >= 11 is 3.24. The monoisotopic (exact) mass is 358 g/mol. The van der Waals surface area contributed by atoms with Crippen molar-refractivity contribution in [2.45, 2.75) is 18.2 Å². The van der Waals surface area contributed by atoms with E-state index in [0.717, 1.165) is 0 Å². The highest BCUT2D eigenvalue weighted by Gasteiger charge is 2.18. The molecular weight excluding hydrogens is 344 g/mol. The molecule has 0 saturated carbocycles. The molecule has 8 heteroatoms. The molecule has 0 unspecified atom stereocenters. The third kappa shape index (κ3) is 2.96. The number of sulfonamides is 1. The normalized spacial score (nSPS) is 11.6. The molecule has 1 aromatic heterocycles. The van der Waals surface area contributed by atoms with E-state index in [4.69, 9.17) is 5.73 Å². The van der Waals surface area contributed by atoms with Gasteiger partial charge >= 0.3 is 0 Å². The van der Waals surface area contributed by atoms with Gasteiger partial charge in [-0.2, -0.15) is 5.10 Å². The Balaban J connectivity index is 2.37. The summed E-state index contributed by atoms with van der Waals surface area (Å²) < 4.78 is 29.4. The maximum atomic E-state index is 12.3. The fraction of sp³-hybridized carbons (Fsp3) is 0.250. The standard InChI is InChI=1S/C12H15BrN4O2S/c1-3-11-12(7-17(2)15-11)16-20(18,19)8-4-5-9(13)10(14)6-8/h4-7,16H,3,14H2,1-2H3. The van der Waals surface area contributed by atoms with Crippen LogP contribution in [0.1, 0.15) is 12.6 Å². The van der Waals surface area contributed by atoms with E-state index in [1.165, 1.54) is 12.1 Å². The first-order valence-corrected chi connectivity index (χ1v) is 8.21. The van der Waals surface area contributed by atoms with E-state index in [2.05, 4.69) is 25.8 Å². The summed E-state index contributed by atoms with van der Waals surface area (Å²) in [5.41, 5.74) is 7.26. The lowest BCUT2D eigenvalue weighted by Crippen LogP contribution is -2.14. The first-order valence-electron chi connectivity index (χ1n) is 5.94. The highest BCUT2D eigenvalue weighted by Crippen LogP contribution is 2.25. The van der Waals surface area contributed by atoms with Gasteiger partial charge in [0.05, 0.1) is 16.3 Å². The van der Waals surface area contributed by atoms with E-state index < -0.39 is 10.0 Å². The number of nitrogens with two attached hydrogens (primary N) is 1. The molecular formula is C12H15BrN4O2S. The molecule has 0 amide bonds. The molecule has 108 valence electrons. The van der Waals surface area contributed by atoms with Crippen LogP contribution in [0.4, 0.5) is 11.4 Å². The first-order chi connectivity index (χ1) is 9.33. The number of nitrogen functional groups attached to an aromatic ring is 1. The van der Waals surface area contributed by atoms with Crippen LogP contribution in [0.2, 0.25) is 0 Å². The van der Waals surface area contributed by atoms with Crippen LogP contribution in [0.25, 0.3) is 0 Å². The summed E-state index contributed by atoms with van der Waals surface area (Å²) in [5, 5.41) is 4.20. The number of hydrogen-bond acceptors (Lipinski definition) is 4. The summed E-state index contributed by atoms with van der Waals surface area (Å²) in [7, 11) is -1.93. The van der Waals surface area contributed by atoms with E-state index in [1.807, 2.05) is 6.92 Å². The average molecular weight is 359 g/mol. The second-order valence-corrected chi connectivity index (χ2v) is 6.84. The van der Waals surface area contributed by atoms with Gasteiger partial charge < -0.3 is 5.73 Å². The van der Waals surface area contributed by atoms with Crippen LogP contribution in [-0.2, 0) is 23.5 Å². The number of anilines is 2. The molecule has 0 atom stereocenters. The van der Waals surface area contributed by atoms with Gasteiger partial charge in [-0.1, -0.05) is 6.92 Å². The Morgan fingerprint density at radius 1 is 1.45 bits per heavy atom. The van der Waals surface area contributed by atoms with Crippen molar-refractivity contribution in [2.24, 2.45) is 7.05 Å². The minimum atomic E-state index is -3.68. The minimum absolute atomic E-state index is 0.115. The van der Waals surface area contributed by atoms with Crippen molar-refractivity contribution in [1.82, 2.24) is 9.78 Å². The lowest BCUT2D eigenvalue weighted by Gasteiger charge is -2.08. The predicted molar refractivity (Wildman–Crippen MR) is 81.9 cm³/mol. The van der Waals surface area contributed by atoms with Gasteiger partial charge in [0.2, 0.25) is 0 Å². The molecule has 0 aliphatic heterocycles. The maximum Gasteiger partial charge on any atom is 0.262 e. The molecule has 20 heavy (non-hydrogen) atoms. The van der Waals surface area contributed by atoms with E-state index in [-0.39, 0.29) is 4.90 Å². The summed E-state index contributed by atoms with van der Waals surface area (Å²) in [6.45, 7) is 1.91. The van der Waals surface area contributed by atoms with E-state index >= 15 is 0 Å². The third-order valence-electron chi connectivity index (χ3n) is 2.76. The smallest absolute Gasteiger partial charge is 0.262 e. The van der Waals surface area contributed by atoms with Crippen LogP contribution in [-0.4, -0.2) is 18.2 Å². The summed E-state index contributed by atoms with van der Waals surface area (Å²) in [5.74, 6) is 0. The van der Waals surface area contributed by atoms with Gasteiger partial charge in [-0.25, -0.2) is 8.42 Å². The molecule has 0 spiro atoms. The van der Waals surface area contributed by atoms with Gasteiger partial charge in [0.25, 0.3) is 10.0 Å². The predicted octanol–water partition coefficient (Wildman–Crippen LogP) is 2.13. The summed E-state index contributed by atoms with van der Waals surface area (Å²) in [6, 6.07) is 4.51. The molecule has 6 nitrogen and oxygen atoms in total. The fourth-order valence-corrected chi connectivity index (χ4v) is 3.13. The van der Waals surface area contributed by atoms with Crippen LogP contribution in [0.5, 0.6) is 0 Å². The Hall–Kier alpha value is -1.54. The Labute approximate surface area is 126 Å². The quantitative estimate of drug-likeness (QED) is 0.819. The van der Waals surface area contributed by atoms with Gasteiger partial charge in [0.1, 0.15) is 0 Å². The Bertz CT molecular complexity index is 740. The van der Waals surface area contributed by atoms with Crippen LogP contribution in [0.15, 0.2) is 33.8 Å². The molecule has 1 heterocycles. The Morgan fingerprint density at radius 2 is 2.15 bits per heavy atom. The van der Waals surface area contributed by atoms with Crippen molar-refractivity contribution in [3.63, 3.8) is 0 Å². The zero-order chi connectivity index (χ0) is 14.9. The number of nitrogens with zero attached hydrogens (tertiary/aromatic N) is 2. The molecule has 2 rings (SSSR count). The number of halogens is 1. The van der Waals surface area contributed by atoms with Crippen LogP contribution in [0.3, 0.4) is 0 Å². The second kappa shape index (κ2) is 5.45. The zero-order valence-corrected chi connectivity index (χ0v) is 13.5. The molecule has 0 fully saturated rings. The van der Waals surface area contributed by atoms with Crippen molar-refractivity contribution in [3.8, 4) is 0 Å². The van der Waals surface area contributed by atoms with Crippen molar-refractivity contribution < 1.29 is 8.42 Å². The molecule has 0 bridgehead atoms. The van der Waals surface area contributed by atoms with E-state index in [0.29, 0.717) is 28.0 Å². The van der Waals surface area contributed by atoms with Gasteiger partial charge in [-0.3, -0.25) is 9.40 Å². The Kier molecular flexibility index (Phi) is 4.05. The lowest BCUT2D eigenvalue weighted by molar-refractivity contribution is 0.601. The minimum Gasteiger partial charge on any atom is -0.398 e. The van der Waals surface area contributed by atoms with Crippen LogP contribution < -0.4 is 10.5 Å². The van der Waals surface area contributed by atoms with Crippen molar-refractivity contribution in [1.29, 1.82) is 0 Å². The number of aromatic nitrogens is 2. The van der Waals surface area contributed by atoms with E-state index in [9.17, 15) is 8.42 Å². The summed E-state index contributed by atoms with van der Waals surface area (Å²) in [4.78, 5) is 0.115. The molecule has 0 aliphatic carbocycles. The highest BCUT2D eigenvalue weighted by molar-refractivity contribution is 9.10. The zero-order valence-electron chi connectivity index (χ0n) is 11.1. The van der Waals surface area contributed by atoms with Crippen LogP contribution in [0, 0.1) is 0 Å². The molecule has 2 aromatic rings. The van der Waals surface area contributed by atoms with Gasteiger partial charge in [0, 0.05) is 23.4 Å². The highest BCUT2D eigenvalue weighted by atomic mass is 79.9. The molecule has 0 saturated heterocycles. The Morgan fingerprint density at radius 3 is 2.75 bits per heavy atom. The molecule has 0 radical (unpaired) electrons. The number of hydrogen-bond donors (Lipinski definition) is 2. The fourth-order valence-electron chi connectivity index (χ4n) is 1.77. The molecule has 1 aromatic carbocycles. The number of aryl methyl sites for hydroxylation is 2. The van der Waals surface area contributed by atoms with Gasteiger partial charge in [-0.15, -0.1) is 0 Å². The summed E-state index contributed by atoms with van der Waals surface area (Å²) in [6.07, 6.45) is 2.28. The average Bonchev–Trinajstić information content (AvgIpc) is 2.72. The van der Waals surface area contributed by atoms with E-state index in [1.54, 1.807) is 24.0 Å². The second-order valence-electron chi connectivity index (χ2n) is 4.31. The third-order valence-corrected chi connectivity index (χ3v) is 4.85. The number of nitrogens with one attached hydrogen (secondary N) is 1. The number of rotatable bonds is 4. The van der Waals surface area contributed by atoms with Crippen molar-refractivity contribution >= 4 is 37.3 Å². The number of benzene rings is 1. The molecule has 0 aliphatic rings. The lowest BCUT2D eigenvalue weighted by atomic mass is 10.3.